The Hall–Kier alpha value is -3.35. The lowest BCUT2D eigenvalue weighted by Gasteiger charge is -2.21. The number of fused-ring (bicyclic) bond motifs is 1. The summed E-state index contributed by atoms with van der Waals surface area (Å²) in [5, 5.41) is 2.71. The van der Waals surface area contributed by atoms with Crippen molar-refractivity contribution in [3.8, 4) is 0 Å². The smallest absolute Gasteiger partial charge is 0.310 e. The molecule has 1 fully saturated rings. The Morgan fingerprint density at radius 1 is 1.31 bits per heavy atom. The molecule has 1 amide bonds. The van der Waals surface area contributed by atoms with Gasteiger partial charge in [-0.25, -0.2) is 23.1 Å². The summed E-state index contributed by atoms with van der Waals surface area (Å²) < 4.78 is 41.8. The lowest BCUT2D eigenvalue weighted by atomic mass is 10.0. The van der Waals surface area contributed by atoms with Crippen LogP contribution in [0.4, 0.5) is 5.69 Å². The van der Waals surface area contributed by atoms with Crippen LogP contribution < -0.4 is 10.0 Å². The minimum Gasteiger partial charge on any atom is -0.434 e. The molecule has 2 aromatic heterocycles. The number of pyridine rings is 1. The first-order valence-corrected chi connectivity index (χ1v) is 13.1. The van der Waals surface area contributed by atoms with Crippen LogP contribution in [0.3, 0.4) is 0 Å². The number of nitrogens with one attached hydrogen (secondary N) is 2. The van der Waals surface area contributed by atoms with Gasteiger partial charge in [-0.2, -0.15) is 0 Å². The van der Waals surface area contributed by atoms with Crippen molar-refractivity contribution < 1.29 is 27.5 Å². The van der Waals surface area contributed by atoms with Crippen LogP contribution in [0.25, 0.3) is 11.2 Å². The normalized spacial score (nSPS) is 18.8. The highest BCUT2D eigenvalue weighted by Gasteiger charge is 2.39. The molecular formula is C24H29N5O6S. The molecule has 1 aromatic carbocycles. The fourth-order valence-electron chi connectivity index (χ4n) is 4.30. The van der Waals surface area contributed by atoms with Crippen molar-refractivity contribution in [2.24, 2.45) is 5.92 Å². The second-order valence-electron chi connectivity index (χ2n) is 8.80. The van der Waals surface area contributed by atoms with Gasteiger partial charge in [-0.05, 0) is 55.2 Å². The van der Waals surface area contributed by atoms with Crippen molar-refractivity contribution in [3.63, 3.8) is 0 Å². The van der Waals surface area contributed by atoms with Gasteiger partial charge in [0.2, 0.25) is 22.2 Å². The van der Waals surface area contributed by atoms with Gasteiger partial charge >= 0.3 is 5.97 Å². The van der Waals surface area contributed by atoms with Crippen molar-refractivity contribution in [2.75, 3.05) is 11.9 Å². The summed E-state index contributed by atoms with van der Waals surface area (Å²) in [5.74, 6) is -0.796. The highest BCUT2D eigenvalue weighted by molar-refractivity contribution is 7.89. The number of benzene rings is 1. The number of amides is 1. The number of hydrogen-bond donors (Lipinski definition) is 2. The summed E-state index contributed by atoms with van der Waals surface area (Å²) in [6, 6.07) is 7.51. The van der Waals surface area contributed by atoms with Gasteiger partial charge in [-0.15, -0.1) is 0 Å². The van der Waals surface area contributed by atoms with Gasteiger partial charge < -0.3 is 19.4 Å². The van der Waals surface area contributed by atoms with Crippen molar-refractivity contribution >= 4 is 38.8 Å². The van der Waals surface area contributed by atoms with E-state index < -0.39 is 28.3 Å². The van der Waals surface area contributed by atoms with Gasteiger partial charge in [-0.3, -0.25) is 9.59 Å². The van der Waals surface area contributed by atoms with Gasteiger partial charge in [0, 0.05) is 32.0 Å². The van der Waals surface area contributed by atoms with Gasteiger partial charge in [0.05, 0.1) is 23.7 Å². The predicted octanol–water partition coefficient (Wildman–Crippen LogP) is 2.22. The first-order chi connectivity index (χ1) is 17.2. The molecule has 192 valence electrons. The third-order valence-corrected chi connectivity index (χ3v) is 7.31. The van der Waals surface area contributed by atoms with Crippen LogP contribution in [-0.2, 0) is 42.1 Å². The zero-order valence-corrected chi connectivity index (χ0v) is 21.1. The van der Waals surface area contributed by atoms with Gasteiger partial charge in [0.1, 0.15) is 5.52 Å². The third-order valence-electron chi connectivity index (χ3n) is 5.72. The van der Waals surface area contributed by atoms with Crippen LogP contribution in [0.2, 0.25) is 0 Å². The monoisotopic (exact) mass is 515 g/mol. The highest BCUT2D eigenvalue weighted by atomic mass is 32.2. The Morgan fingerprint density at radius 2 is 2.11 bits per heavy atom. The summed E-state index contributed by atoms with van der Waals surface area (Å²) >= 11 is 0. The lowest BCUT2D eigenvalue weighted by Crippen LogP contribution is -2.41. The number of esters is 1. The largest absolute Gasteiger partial charge is 0.434 e. The van der Waals surface area contributed by atoms with E-state index in [1.165, 1.54) is 19.1 Å². The summed E-state index contributed by atoms with van der Waals surface area (Å²) in [4.78, 5) is 32.2. The highest BCUT2D eigenvalue weighted by Crippen LogP contribution is 2.26. The lowest BCUT2D eigenvalue weighted by molar-refractivity contribution is -0.163. The molecule has 36 heavy (non-hydrogen) atoms. The van der Waals surface area contributed by atoms with E-state index in [1.807, 2.05) is 23.6 Å². The predicted molar refractivity (Wildman–Crippen MR) is 131 cm³/mol. The molecule has 1 aliphatic rings. The minimum absolute atomic E-state index is 0.00139. The van der Waals surface area contributed by atoms with E-state index in [9.17, 15) is 18.0 Å². The zero-order chi connectivity index (χ0) is 25.9. The van der Waals surface area contributed by atoms with Crippen LogP contribution in [0.5, 0.6) is 0 Å². The number of carbonyl (C=O) groups is 2. The number of anilines is 1. The average Bonchev–Trinajstić information content (AvgIpc) is 3.36. The third kappa shape index (κ3) is 5.89. The number of aromatic nitrogens is 3. The number of cyclic esters (lactones) is 1. The molecule has 1 saturated heterocycles. The first-order valence-electron chi connectivity index (χ1n) is 11.7. The molecule has 3 atom stereocenters. The molecule has 0 bridgehead atoms. The quantitative estimate of drug-likeness (QED) is 0.392. The first kappa shape index (κ1) is 25.7. The molecule has 0 aliphatic carbocycles. The van der Waals surface area contributed by atoms with Gasteiger partial charge in [0.15, 0.2) is 5.65 Å². The minimum atomic E-state index is -4.04. The molecule has 3 aromatic rings. The van der Waals surface area contributed by atoms with Gasteiger partial charge in [0.25, 0.3) is 0 Å². The Labute approximate surface area is 209 Å². The number of nitrogens with zero attached hydrogens (tertiary/aromatic N) is 3. The number of rotatable bonds is 10. The van der Waals surface area contributed by atoms with Crippen LogP contribution >= 0.6 is 0 Å². The molecule has 0 saturated carbocycles. The molecule has 2 N–H and O–H groups in total. The summed E-state index contributed by atoms with van der Waals surface area (Å²) in [5.41, 5.74) is 2.54. The molecule has 0 spiro atoms. The number of ether oxygens (including phenoxy) is 2. The number of hydrogen-bond acceptors (Lipinski definition) is 8. The second kappa shape index (κ2) is 10.7. The molecule has 2 unspecified atom stereocenters. The van der Waals surface area contributed by atoms with E-state index in [4.69, 9.17) is 9.47 Å². The molecule has 11 nitrogen and oxygen atoms in total. The maximum Gasteiger partial charge on any atom is 0.310 e. The van der Waals surface area contributed by atoms with E-state index in [0.29, 0.717) is 24.2 Å². The summed E-state index contributed by atoms with van der Waals surface area (Å²) in [7, 11) is -4.04. The molecule has 1 aliphatic heterocycles. The Kier molecular flexibility index (Phi) is 7.67. The van der Waals surface area contributed by atoms with Crippen molar-refractivity contribution in [1.82, 2.24) is 19.3 Å². The Bertz CT molecular complexity index is 1370. The fraction of sp³-hybridized carbons (Fsp3) is 0.417. The number of imidazole rings is 1. The summed E-state index contributed by atoms with van der Waals surface area (Å²) in [6.07, 6.45) is 2.70. The second-order valence-corrected chi connectivity index (χ2v) is 10.5. The Morgan fingerprint density at radius 3 is 2.86 bits per heavy atom. The maximum atomic E-state index is 13.4. The fourth-order valence-corrected chi connectivity index (χ4v) is 5.75. The molecule has 3 heterocycles. The zero-order valence-electron chi connectivity index (χ0n) is 20.3. The van der Waals surface area contributed by atoms with Crippen LogP contribution in [0.1, 0.15) is 32.8 Å². The topological polar surface area (TPSA) is 142 Å². The standard InChI is InChI=1S/C24H29N5O6S/c1-4-34-24-20(12-22(31)35-24)28-36(32,33)21-8-7-18(27-16(3)30)11-17(21)10-15(2)13-29-14-26-19-6-5-9-25-23(19)29/h5-9,11,14-15,20,24,28H,4,10,12-13H2,1-3H3,(H,27,30)/t15-,20?,24?/m0/s1. The molecule has 4 rings (SSSR count). The van der Waals surface area contributed by atoms with Crippen molar-refractivity contribution in [3.05, 3.63) is 48.4 Å². The maximum absolute atomic E-state index is 13.4. The molecule has 12 heteroatoms. The van der Waals surface area contributed by atoms with E-state index in [-0.39, 0.29) is 29.7 Å². The van der Waals surface area contributed by atoms with Crippen molar-refractivity contribution in [2.45, 2.75) is 57.4 Å². The summed E-state index contributed by atoms with van der Waals surface area (Å²) in [6.45, 7) is 5.94. The van der Waals surface area contributed by atoms with Crippen LogP contribution in [-0.4, -0.2) is 53.8 Å². The van der Waals surface area contributed by atoms with E-state index in [1.54, 1.807) is 25.5 Å². The van der Waals surface area contributed by atoms with E-state index in [2.05, 4.69) is 20.0 Å². The van der Waals surface area contributed by atoms with Crippen LogP contribution in [0, 0.1) is 5.92 Å². The number of carbonyl (C=O) groups excluding carboxylic acids is 2. The SMILES string of the molecule is CCOC1OC(=O)CC1NS(=O)(=O)c1ccc(NC(C)=O)cc1C[C@H](C)Cn1cnc2cccnc21. The Balaban J connectivity index is 1.60. The molecule has 0 radical (unpaired) electrons. The average molecular weight is 516 g/mol. The van der Waals surface area contributed by atoms with Crippen LogP contribution in [0.15, 0.2) is 47.8 Å². The molecular weight excluding hydrogens is 486 g/mol. The van der Waals surface area contributed by atoms with Crippen molar-refractivity contribution in [1.29, 1.82) is 0 Å². The van der Waals surface area contributed by atoms with E-state index >= 15 is 0 Å². The van der Waals surface area contributed by atoms with E-state index in [0.717, 1.165) is 11.2 Å². The number of sulfonamides is 1. The van der Waals surface area contributed by atoms with Gasteiger partial charge in [-0.1, -0.05) is 6.92 Å².